The van der Waals surface area contributed by atoms with Gasteiger partial charge in [0.05, 0.1) is 6.54 Å². The third-order valence-corrected chi connectivity index (χ3v) is 6.41. The summed E-state index contributed by atoms with van der Waals surface area (Å²) in [6.07, 6.45) is 3.74. The van der Waals surface area contributed by atoms with Crippen molar-refractivity contribution in [2.24, 2.45) is 0 Å². The van der Waals surface area contributed by atoms with Crippen molar-refractivity contribution < 1.29 is 14.0 Å². The molecule has 0 bridgehead atoms. The van der Waals surface area contributed by atoms with E-state index in [1.54, 1.807) is 36.4 Å². The number of nitrogens with zero attached hydrogens (tertiary/aromatic N) is 3. The second-order valence-corrected chi connectivity index (χ2v) is 9.12. The van der Waals surface area contributed by atoms with E-state index in [1.165, 1.54) is 12.1 Å². The van der Waals surface area contributed by atoms with Crippen molar-refractivity contribution in [3.8, 4) is 11.3 Å². The molecule has 3 aromatic carbocycles. The van der Waals surface area contributed by atoms with E-state index in [9.17, 15) is 14.0 Å². The second kappa shape index (κ2) is 10.7. The van der Waals surface area contributed by atoms with Gasteiger partial charge in [-0.05, 0) is 48.9 Å². The van der Waals surface area contributed by atoms with Crippen molar-refractivity contribution in [1.29, 1.82) is 0 Å². The fourth-order valence-corrected chi connectivity index (χ4v) is 4.32. The molecule has 8 heteroatoms. The van der Waals surface area contributed by atoms with E-state index < -0.39 is 6.04 Å². The number of aryl methyl sites for hydroxylation is 1. The molecule has 0 unspecified atom stereocenters. The van der Waals surface area contributed by atoms with Gasteiger partial charge in [-0.2, -0.15) is 0 Å². The van der Waals surface area contributed by atoms with Crippen LogP contribution in [0.1, 0.15) is 36.3 Å². The summed E-state index contributed by atoms with van der Waals surface area (Å²) in [5.74, 6) is 0.530. The Kier molecular flexibility index (Phi) is 7.04. The maximum absolute atomic E-state index is 13.7. The third-order valence-electron chi connectivity index (χ3n) is 6.41. The summed E-state index contributed by atoms with van der Waals surface area (Å²) in [4.78, 5) is 32.3. The van der Waals surface area contributed by atoms with Crippen LogP contribution in [0.2, 0.25) is 0 Å². The number of aromatic nitrogens is 2. The molecule has 1 aliphatic heterocycles. The zero-order valence-corrected chi connectivity index (χ0v) is 21.2. The summed E-state index contributed by atoms with van der Waals surface area (Å²) in [7, 11) is 0. The quantitative estimate of drug-likeness (QED) is 0.331. The Balaban J connectivity index is 1.50. The van der Waals surface area contributed by atoms with E-state index in [1.807, 2.05) is 66.1 Å². The number of fused-ring (bicyclic) bond motifs is 1. The number of hydrogen-bond donors (Lipinski definition) is 2. The molecule has 0 fully saturated rings. The number of amides is 2. The van der Waals surface area contributed by atoms with E-state index in [-0.39, 0.29) is 30.6 Å². The maximum atomic E-state index is 13.7. The number of rotatable bonds is 7. The van der Waals surface area contributed by atoms with Gasteiger partial charge in [0.25, 0.3) is 5.91 Å². The molecule has 192 valence electrons. The summed E-state index contributed by atoms with van der Waals surface area (Å²) in [6.45, 7) is 3.97. The molecular formula is C30H28FN5O2. The van der Waals surface area contributed by atoms with Gasteiger partial charge in [0.2, 0.25) is 5.91 Å². The SMILES string of the molecule is CCC(=O)N[C@H](C(=O)N1C=Cn2c(nc(-c3ccc(F)cc3)c2Nc2ccc(C)cc2)C1)c1ccccc1. The zero-order chi connectivity index (χ0) is 26.6. The first kappa shape index (κ1) is 25.0. The van der Waals surface area contributed by atoms with Gasteiger partial charge in [-0.1, -0.05) is 55.0 Å². The monoisotopic (exact) mass is 509 g/mol. The van der Waals surface area contributed by atoms with Crippen LogP contribution in [0.4, 0.5) is 15.9 Å². The van der Waals surface area contributed by atoms with Gasteiger partial charge in [0, 0.05) is 30.1 Å². The van der Waals surface area contributed by atoms with Gasteiger partial charge >= 0.3 is 0 Å². The first-order chi connectivity index (χ1) is 18.4. The number of carbonyl (C=O) groups is 2. The molecule has 2 N–H and O–H groups in total. The molecule has 7 nitrogen and oxygen atoms in total. The Labute approximate surface area is 220 Å². The minimum absolute atomic E-state index is 0.199. The fourth-order valence-electron chi connectivity index (χ4n) is 4.32. The van der Waals surface area contributed by atoms with Gasteiger partial charge in [-0.3, -0.25) is 14.2 Å². The van der Waals surface area contributed by atoms with Gasteiger partial charge in [-0.25, -0.2) is 9.37 Å². The predicted octanol–water partition coefficient (Wildman–Crippen LogP) is 5.78. The second-order valence-electron chi connectivity index (χ2n) is 9.12. The first-order valence-corrected chi connectivity index (χ1v) is 12.5. The third kappa shape index (κ3) is 5.20. The highest BCUT2D eigenvalue weighted by atomic mass is 19.1. The van der Waals surface area contributed by atoms with Crippen molar-refractivity contribution in [2.45, 2.75) is 32.9 Å². The Morgan fingerprint density at radius 3 is 2.37 bits per heavy atom. The lowest BCUT2D eigenvalue weighted by molar-refractivity contribution is -0.135. The predicted molar refractivity (Wildman–Crippen MR) is 146 cm³/mol. The van der Waals surface area contributed by atoms with E-state index in [0.717, 1.165) is 16.8 Å². The van der Waals surface area contributed by atoms with Crippen LogP contribution >= 0.6 is 0 Å². The Morgan fingerprint density at radius 2 is 1.68 bits per heavy atom. The highest BCUT2D eigenvalue weighted by Gasteiger charge is 2.30. The minimum atomic E-state index is -0.823. The van der Waals surface area contributed by atoms with Crippen molar-refractivity contribution in [1.82, 2.24) is 19.8 Å². The Bertz CT molecular complexity index is 1480. The average Bonchev–Trinajstić information content (AvgIpc) is 3.30. The highest BCUT2D eigenvalue weighted by Crippen LogP contribution is 2.34. The van der Waals surface area contributed by atoms with Crippen LogP contribution < -0.4 is 10.6 Å². The highest BCUT2D eigenvalue weighted by molar-refractivity contribution is 5.90. The molecule has 0 saturated heterocycles. The number of benzene rings is 3. The summed E-state index contributed by atoms with van der Waals surface area (Å²) >= 11 is 0. The molecule has 5 rings (SSSR count). The van der Waals surface area contributed by atoms with Crippen molar-refractivity contribution in [2.75, 3.05) is 5.32 Å². The molecular weight excluding hydrogens is 481 g/mol. The van der Waals surface area contributed by atoms with Gasteiger partial charge in [-0.15, -0.1) is 0 Å². The molecule has 4 aromatic rings. The first-order valence-electron chi connectivity index (χ1n) is 12.5. The summed E-state index contributed by atoms with van der Waals surface area (Å²) in [6, 6.07) is 22.5. The number of carbonyl (C=O) groups excluding carboxylic acids is 2. The van der Waals surface area contributed by atoms with Crippen LogP contribution in [0, 0.1) is 12.7 Å². The number of halogens is 1. The smallest absolute Gasteiger partial charge is 0.254 e. The number of imidazole rings is 1. The van der Waals surface area contributed by atoms with E-state index in [2.05, 4.69) is 10.6 Å². The van der Waals surface area contributed by atoms with Crippen LogP contribution in [0.15, 0.2) is 85.1 Å². The van der Waals surface area contributed by atoms with E-state index >= 15 is 0 Å². The van der Waals surface area contributed by atoms with Crippen LogP contribution in [0.5, 0.6) is 0 Å². The van der Waals surface area contributed by atoms with Crippen LogP contribution in [0.25, 0.3) is 17.5 Å². The largest absolute Gasteiger partial charge is 0.341 e. The normalized spacial score (nSPS) is 13.1. The van der Waals surface area contributed by atoms with Crippen LogP contribution in [-0.2, 0) is 16.1 Å². The van der Waals surface area contributed by atoms with Crippen molar-refractivity contribution in [3.05, 3.63) is 108 Å². The lowest BCUT2D eigenvalue weighted by Crippen LogP contribution is -2.41. The van der Waals surface area contributed by atoms with Gasteiger partial charge in [0.1, 0.15) is 29.2 Å². The molecule has 0 saturated carbocycles. The van der Waals surface area contributed by atoms with Crippen molar-refractivity contribution in [3.63, 3.8) is 0 Å². The van der Waals surface area contributed by atoms with Crippen LogP contribution in [0.3, 0.4) is 0 Å². The van der Waals surface area contributed by atoms with E-state index in [4.69, 9.17) is 4.98 Å². The minimum Gasteiger partial charge on any atom is -0.341 e. The molecule has 0 aliphatic carbocycles. The molecule has 0 radical (unpaired) electrons. The summed E-state index contributed by atoms with van der Waals surface area (Å²) in [5, 5.41) is 6.29. The van der Waals surface area contributed by atoms with Gasteiger partial charge < -0.3 is 15.5 Å². The zero-order valence-electron chi connectivity index (χ0n) is 21.2. The Hall–Kier alpha value is -4.72. The molecule has 1 aliphatic rings. The van der Waals surface area contributed by atoms with Gasteiger partial charge in [0.15, 0.2) is 0 Å². The topological polar surface area (TPSA) is 79.3 Å². The molecule has 2 heterocycles. The van der Waals surface area contributed by atoms with Crippen LogP contribution in [-0.4, -0.2) is 26.3 Å². The number of nitrogens with one attached hydrogen (secondary N) is 2. The lowest BCUT2D eigenvalue weighted by atomic mass is 10.1. The molecule has 1 aromatic heterocycles. The Morgan fingerprint density at radius 1 is 0.974 bits per heavy atom. The van der Waals surface area contributed by atoms with E-state index in [0.29, 0.717) is 22.9 Å². The molecule has 2 amide bonds. The fraction of sp³-hybridized carbons (Fsp3) is 0.167. The summed E-state index contributed by atoms with van der Waals surface area (Å²) in [5.41, 5.74) is 4.10. The molecule has 38 heavy (non-hydrogen) atoms. The maximum Gasteiger partial charge on any atom is 0.254 e. The number of hydrogen-bond acceptors (Lipinski definition) is 4. The standard InChI is InChI=1S/C30H28FN5O2/c1-3-26(37)34-28(21-7-5-4-6-8-21)30(38)35-17-18-36-25(19-35)33-27(22-11-13-23(31)14-12-22)29(36)32-24-15-9-20(2)10-16-24/h4-18,28,32H,3,19H2,1-2H3,(H,34,37)/t28-/m0/s1. The summed E-state index contributed by atoms with van der Waals surface area (Å²) < 4.78 is 15.6. The average molecular weight is 510 g/mol. The van der Waals surface area contributed by atoms with Crippen molar-refractivity contribution >= 4 is 29.5 Å². The lowest BCUT2D eigenvalue weighted by Gasteiger charge is -2.27. The molecule has 1 atom stereocenters. The molecule has 0 spiro atoms. The number of anilines is 2.